The van der Waals surface area contributed by atoms with Gasteiger partial charge in [0, 0.05) is 4.90 Å². The zero-order valence-corrected chi connectivity index (χ0v) is 15.0. The molecule has 112 valence electrons. The maximum absolute atomic E-state index is 9.79. The smallest absolute Gasteiger partial charge is 0.129 e. The molecule has 2 aromatic rings. The normalized spacial score (nSPS) is 11.4. The second kappa shape index (κ2) is 7.33. The Hall–Kier alpha value is -0.980. The summed E-state index contributed by atoms with van der Waals surface area (Å²) in [6.45, 7) is 6.67. The van der Waals surface area contributed by atoms with E-state index in [9.17, 15) is 5.11 Å². The third-order valence-corrected chi connectivity index (χ3v) is 5.29. The molecule has 0 bridgehead atoms. The number of aromatic hydroxyl groups is 1. The second-order valence-electron chi connectivity index (χ2n) is 5.42. The lowest BCUT2D eigenvalue weighted by atomic mass is 9.94. The fourth-order valence-electron chi connectivity index (χ4n) is 2.70. The highest BCUT2D eigenvalue weighted by molar-refractivity contribution is 7.98. The molecule has 2 aromatic carbocycles. The van der Waals surface area contributed by atoms with Crippen molar-refractivity contribution in [1.29, 1.82) is 0 Å². The van der Waals surface area contributed by atoms with Crippen LogP contribution in [0.5, 0.6) is 5.75 Å². The van der Waals surface area contributed by atoms with Gasteiger partial charge in [0.2, 0.25) is 0 Å². The number of benzene rings is 2. The fourth-order valence-corrected chi connectivity index (χ4v) is 3.86. The molecule has 0 amide bonds. The van der Waals surface area contributed by atoms with Crippen molar-refractivity contribution >= 4 is 20.3 Å². The van der Waals surface area contributed by atoms with Gasteiger partial charge in [-0.1, -0.05) is 18.2 Å². The van der Waals surface area contributed by atoms with Gasteiger partial charge in [-0.15, -0.1) is 20.3 Å². The van der Waals surface area contributed by atoms with Crippen molar-refractivity contribution in [2.24, 2.45) is 0 Å². The van der Waals surface area contributed by atoms with Crippen molar-refractivity contribution in [2.75, 3.05) is 12.9 Å². The van der Waals surface area contributed by atoms with E-state index >= 15 is 0 Å². The number of phenols is 1. The number of hydrogen-bond donors (Lipinski definition) is 1. The van der Waals surface area contributed by atoms with Crippen LogP contribution in [0.2, 0.25) is 0 Å². The lowest BCUT2D eigenvalue weighted by Gasteiger charge is -2.13. The summed E-state index contributed by atoms with van der Waals surface area (Å²) < 4.78 is 0. The van der Waals surface area contributed by atoms with Crippen LogP contribution >= 0.6 is 20.3 Å². The number of phenolic OH excluding ortho intramolecular Hbond substituents is 1. The summed E-state index contributed by atoms with van der Waals surface area (Å²) in [6.07, 6.45) is 4.10. The number of hydrogen-bond acceptors (Lipinski definition) is 2. The zero-order chi connectivity index (χ0) is 15.4. The fraction of sp³-hybridized carbons (Fsp3) is 0.333. The molecule has 2 rings (SSSR count). The van der Waals surface area contributed by atoms with Crippen molar-refractivity contribution < 1.29 is 5.11 Å². The summed E-state index contributed by atoms with van der Waals surface area (Å²) >= 11 is 1.59. The molecule has 21 heavy (non-hydrogen) atoms. The van der Waals surface area contributed by atoms with Gasteiger partial charge in [0.1, 0.15) is 5.75 Å². The van der Waals surface area contributed by atoms with Gasteiger partial charge in [-0.25, -0.2) is 0 Å². The molecule has 0 spiro atoms. The van der Waals surface area contributed by atoms with Gasteiger partial charge in [-0.2, -0.15) is 0 Å². The highest BCUT2D eigenvalue weighted by Gasteiger charge is 2.08. The Balaban J connectivity index is 2.31. The molecule has 1 nitrogen and oxygen atoms in total. The molecule has 0 saturated heterocycles. The van der Waals surface area contributed by atoms with E-state index in [-0.39, 0.29) is 0 Å². The SMILES string of the molecule is CPCc1cc(C)c(Cc2ccc(O)c(SC)c2)c(C)c1. The van der Waals surface area contributed by atoms with E-state index in [2.05, 4.69) is 38.7 Å². The second-order valence-corrected chi connectivity index (χ2v) is 7.33. The zero-order valence-electron chi connectivity index (χ0n) is 13.2. The highest BCUT2D eigenvalue weighted by Crippen LogP contribution is 2.29. The van der Waals surface area contributed by atoms with Gasteiger partial charge >= 0.3 is 0 Å². The van der Waals surface area contributed by atoms with E-state index in [0.29, 0.717) is 5.75 Å². The monoisotopic (exact) mass is 318 g/mol. The molecule has 0 heterocycles. The molecule has 0 aliphatic carbocycles. The van der Waals surface area contributed by atoms with Gasteiger partial charge in [0.05, 0.1) is 0 Å². The van der Waals surface area contributed by atoms with E-state index in [1.54, 1.807) is 17.8 Å². The van der Waals surface area contributed by atoms with Crippen LogP contribution in [0.3, 0.4) is 0 Å². The maximum Gasteiger partial charge on any atom is 0.129 e. The van der Waals surface area contributed by atoms with Crippen molar-refractivity contribution in [2.45, 2.75) is 31.3 Å². The molecule has 0 aromatic heterocycles. The summed E-state index contributed by atoms with van der Waals surface area (Å²) in [5.74, 6) is 0.374. The van der Waals surface area contributed by atoms with Crippen molar-refractivity contribution in [1.82, 2.24) is 0 Å². The number of rotatable bonds is 5. The topological polar surface area (TPSA) is 20.2 Å². The summed E-state index contributed by atoms with van der Waals surface area (Å²) in [7, 11) is 0.964. The van der Waals surface area contributed by atoms with Crippen LogP contribution in [0.15, 0.2) is 35.2 Å². The Morgan fingerprint density at radius 1 is 1.05 bits per heavy atom. The van der Waals surface area contributed by atoms with E-state index in [0.717, 1.165) is 19.9 Å². The van der Waals surface area contributed by atoms with Crippen LogP contribution in [0.1, 0.15) is 27.8 Å². The summed E-state index contributed by atoms with van der Waals surface area (Å²) in [4.78, 5) is 0.951. The van der Waals surface area contributed by atoms with E-state index in [1.165, 1.54) is 34.0 Å². The van der Waals surface area contributed by atoms with Crippen LogP contribution in [-0.4, -0.2) is 18.0 Å². The standard InChI is InChI=1S/C18H23OPS/c1-12-7-15(11-20-3)8-13(2)16(12)9-14-5-6-17(19)18(10-14)21-4/h5-8,10,19-20H,9,11H2,1-4H3. The first-order valence-corrected chi connectivity index (χ1v) is 10.1. The van der Waals surface area contributed by atoms with Crippen molar-refractivity contribution in [3.63, 3.8) is 0 Å². The highest BCUT2D eigenvalue weighted by atomic mass is 32.2. The summed E-state index contributed by atoms with van der Waals surface area (Å²) in [5, 5.41) is 9.79. The number of thioether (sulfide) groups is 1. The van der Waals surface area contributed by atoms with E-state index < -0.39 is 0 Å². The minimum absolute atomic E-state index is 0.374. The van der Waals surface area contributed by atoms with Crippen LogP contribution in [0, 0.1) is 13.8 Å². The molecule has 0 radical (unpaired) electrons. The number of aryl methyl sites for hydroxylation is 2. The Morgan fingerprint density at radius 2 is 1.71 bits per heavy atom. The maximum atomic E-state index is 9.79. The van der Waals surface area contributed by atoms with Crippen molar-refractivity contribution in [3.05, 3.63) is 58.1 Å². The predicted octanol–water partition coefficient (Wildman–Crippen LogP) is 5.13. The molecule has 0 saturated carbocycles. The molecule has 1 N–H and O–H groups in total. The molecule has 0 aliphatic rings. The first kappa shape index (κ1) is 16.4. The molecule has 3 heteroatoms. The van der Waals surface area contributed by atoms with Crippen LogP contribution in [-0.2, 0) is 12.6 Å². The van der Waals surface area contributed by atoms with Crippen LogP contribution in [0.25, 0.3) is 0 Å². The minimum Gasteiger partial charge on any atom is -0.507 e. The van der Waals surface area contributed by atoms with E-state index in [4.69, 9.17) is 0 Å². The van der Waals surface area contributed by atoms with Gasteiger partial charge < -0.3 is 5.11 Å². The quantitative estimate of drug-likeness (QED) is 0.609. The minimum atomic E-state index is 0.374. The summed E-state index contributed by atoms with van der Waals surface area (Å²) in [5.41, 5.74) is 6.87. The average molecular weight is 318 g/mol. The first-order valence-electron chi connectivity index (χ1n) is 7.14. The van der Waals surface area contributed by atoms with Gasteiger partial charge in [-0.3, -0.25) is 0 Å². The molecule has 0 aliphatic heterocycles. The predicted molar refractivity (Wildman–Crippen MR) is 96.6 cm³/mol. The Kier molecular flexibility index (Phi) is 5.72. The Labute approximate surface area is 134 Å². The molecular formula is C18H23OPS. The Morgan fingerprint density at radius 3 is 2.29 bits per heavy atom. The Bertz CT molecular complexity index is 614. The molecule has 0 fully saturated rings. The average Bonchev–Trinajstić information content (AvgIpc) is 2.45. The first-order chi connectivity index (χ1) is 10.0. The van der Waals surface area contributed by atoms with Gasteiger partial charge in [0.15, 0.2) is 0 Å². The van der Waals surface area contributed by atoms with Crippen LogP contribution in [0.4, 0.5) is 0 Å². The van der Waals surface area contributed by atoms with Gasteiger partial charge in [0.25, 0.3) is 0 Å². The lowest BCUT2D eigenvalue weighted by molar-refractivity contribution is 0.462. The third kappa shape index (κ3) is 4.02. The lowest BCUT2D eigenvalue weighted by Crippen LogP contribution is -1.98. The molecule has 1 atom stereocenters. The summed E-state index contributed by atoms with van der Waals surface area (Å²) in [6, 6.07) is 10.6. The van der Waals surface area contributed by atoms with E-state index in [1.807, 2.05) is 12.3 Å². The third-order valence-electron chi connectivity index (χ3n) is 3.76. The largest absolute Gasteiger partial charge is 0.507 e. The molecular weight excluding hydrogens is 295 g/mol. The van der Waals surface area contributed by atoms with Crippen molar-refractivity contribution in [3.8, 4) is 5.75 Å². The van der Waals surface area contributed by atoms with Crippen LogP contribution < -0.4 is 0 Å². The van der Waals surface area contributed by atoms with Gasteiger partial charge in [-0.05, 0) is 79.3 Å². The molecule has 1 unspecified atom stereocenters.